The van der Waals surface area contributed by atoms with Gasteiger partial charge in [-0.25, -0.2) is 0 Å². The summed E-state index contributed by atoms with van der Waals surface area (Å²) in [4.78, 5) is 6.39. The summed E-state index contributed by atoms with van der Waals surface area (Å²) in [5, 5.41) is 7.48. The molecular weight excluding hydrogens is 228 g/mol. The summed E-state index contributed by atoms with van der Waals surface area (Å²) in [5.41, 5.74) is 0.168. The quantitative estimate of drug-likeness (QED) is 0.842. The van der Waals surface area contributed by atoms with Crippen molar-refractivity contribution in [2.24, 2.45) is 5.41 Å². The number of aromatic nitrogens is 2. The molecule has 0 radical (unpaired) electrons. The molecule has 0 saturated carbocycles. The van der Waals surface area contributed by atoms with E-state index < -0.39 is 0 Å². The highest BCUT2D eigenvalue weighted by atomic mass is 16.5. The van der Waals surface area contributed by atoms with Crippen LogP contribution in [0.4, 0.5) is 5.95 Å². The monoisotopic (exact) mass is 254 g/mol. The van der Waals surface area contributed by atoms with Gasteiger partial charge in [0.15, 0.2) is 0 Å². The molecule has 5 heteroatoms. The van der Waals surface area contributed by atoms with Crippen molar-refractivity contribution < 1.29 is 4.52 Å². The average molecular weight is 254 g/mol. The highest BCUT2D eigenvalue weighted by molar-refractivity contribution is 5.25. The van der Waals surface area contributed by atoms with Crippen LogP contribution in [-0.4, -0.2) is 36.3 Å². The maximum absolute atomic E-state index is 5.32. The van der Waals surface area contributed by atoms with Crippen LogP contribution in [0.5, 0.6) is 0 Å². The molecule has 0 fully saturated rings. The average Bonchev–Trinajstić information content (AvgIpc) is 2.75. The Labute approximate surface area is 110 Å². The second-order valence-electron chi connectivity index (χ2n) is 5.68. The van der Waals surface area contributed by atoms with E-state index in [-0.39, 0.29) is 5.41 Å². The zero-order chi connectivity index (χ0) is 13.8. The fraction of sp³-hybridized carbons (Fsp3) is 0.846. The summed E-state index contributed by atoms with van der Waals surface area (Å²) in [6.45, 7) is 12.6. The molecule has 0 saturated heterocycles. The molecular formula is C13H26N4O. The summed E-state index contributed by atoms with van der Waals surface area (Å²) in [7, 11) is 1.96. The van der Waals surface area contributed by atoms with Gasteiger partial charge in [0, 0.05) is 26.1 Å². The highest BCUT2D eigenvalue weighted by Gasteiger charge is 2.26. The van der Waals surface area contributed by atoms with Gasteiger partial charge in [-0.15, -0.1) is 0 Å². The molecule has 0 aliphatic carbocycles. The molecule has 1 aromatic rings. The molecule has 5 nitrogen and oxygen atoms in total. The Hall–Kier alpha value is -1.10. The van der Waals surface area contributed by atoms with E-state index in [2.05, 4.69) is 50.1 Å². The predicted molar refractivity (Wildman–Crippen MR) is 73.9 cm³/mol. The van der Waals surface area contributed by atoms with E-state index in [1.54, 1.807) is 0 Å². The first-order valence-corrected chi connectivity index (χ1v) is 6.65. The number of hydrogen-bond acceptors (Lipinski definition) is 5. The van der Waals surface area contributed by atoms with E-state index in [1.165, 1.54) is 0 Å². The summed E-state index contributed by atoms with van der Waals surface area (Å²) in [6.07, 6.45) is 0.766. The first-order valence-electron chi connectivity index (χ1n) is 6.65. The van der Waals surface area contributed by atoms with Crippen LogP contribution in [0, 0.1) is 5.41 Å². The largest absolute Gasteiger partial charge is 0.342 e. The standard InChI is InChI=1S/C13H26N4O/c1-7-14-10(13(3,4)5)9-11-15-12(16-18-11)17(6)8-2/h10,14H,7-9H2,1-6H3. The third kappa shape index (κ3) is 3.98. The Balaban J connectivity index is 2.72. The Morgan fingerprint density at radius 2 is 2.00 bits per heavy atom. The van der Waals surface area contributed by atoms with E-state index in [4.69, 9.17) is 4.52 Å². The van der Waals surface area contributed by atoms with Gasteiger partial charge in [0.05, 0.1) is 0 Å². The molecule has 1 N–H and O–H groups in total. The van der Waals surface area contributed by atoms with Gasteiger partial charge in [0.25, 0.3) is 5.95 Å². The fourth-order valence-corrected chi connectivity index (χ4v) is 1.73. The minimum Gasteiger partial charge on any atom is -0.342 e. The Kier molecular flexibility index (Phi) is 5.14. The van der Waals surface area contributed by atoms with Gasteiger partial charge in [-0.05, 0) is 24.0 Å². The molecule has 0 aliphatic heterocycles. The molecule has 1 atom stereocenters. The van der Waals surface area contributed by atoms with Gasteiger partial charge in [-0.3, -0.25) is 0 Å². The van der Waals surface area contributed by atoms with Gasteiger partial charge < -0.3 is 14.7 Å². The first-order chi connectivity index (χ1) is 8.38. The third-order valence-corrected chi connectivity index (χ3v) is 3.15. The molecule has 0 aromatic carbocycles. The highest BCUT2D eigenvalue weighted by Crippen LogP contribution is 2.22. The number of nitrogens with one attached hydrogen (secondary N) is 1. The van der Waals surface area contributed by atoms with Crippen LogP contribution < -0.4 is 10.2 Å². The Morgan fingerprint density at radius 3 is 2.50 bits per heavy atom. The first kappa shape index (κ1) is 15.0. The molecule has 18 heavy (non-hydrogen) atoms. The van der Waals surface area contributed by atoms with Crippen LogP contribution in [0.1, 0.15) is 40.5 Å². The molecule has 0 aliphatic rings. The van der Waals surface area contributed by atoms with Crippen molar-refractivity contribution in [3.05, 3.63) is 5.89 Å². The number of anilines is 1. The lowest BCUT2D eigenvalue weighted by atomic mass is 9.85. The van der Waals surface area contributed by atoms with E-state index in [1.807, 2.05) is 11.9 Å². The van der Waals surface area contributed by atoms with Crippen LogP contribution in [0.2, 0.25) is 0 Å². The molecule has 1 rings (SSSR count). The van der Waals surface area contributed by atoms with E-state index >= 15 is 0 Å². The minimum atomic E-state index is 0.168. The van der Waals surface area contributed by atoms with Crippen molar-refractivity contribution in [2.45, 2.75) is 47.1 Å². The Morgan fingerprint density at radius 1 is 1.33 bits per heavy atom. The van der Waals surface area contributed by atoms with Crippen molar-refractivity contribution in [1.29, 1.82) is 0 Å². The van der Waals surface area contributed by atoms with Crippen molar-refractivity contribution in [2.75, 3.05) is 25.0 Å². The zero-order valence-corrected chi connectivity index (χ0v) is 12.4. The maximum atomic E-state index is 5.32. The van der Waals surface area contributed by atoms with Crippen LogP contribution in [0.3, 0.4) is 0 Å². The summed E-state index contributed by atoms with van der Waals surface area (Å²) in [5.74, 6) is 1.36. The summed E-state index contributed by atoms with van der Waals surface area (Å²) in [6, 6.07) is 0.336. The predicted octanol–water partition coefficient (Wildman–Crippen LogP) is 2.09. The van der Waals surface area contributed by atoms with Crippen LogP contribution in [0.15, 0.2) is 4.52 Å². The second kappa shape index (κ2) is 6.18. The molecule has 0 bridgehead atoms. The summed E-state index contributed by atoms with van der Waals surface area (Å²) >= 11 is 0. The minimum absolute atomic E-state index is 0.168. The topological polar surface area (TPSA) is 54.2 Å². The van der Waals surface area contributed by atoms with Crippen molar-refractivity contribution in [3.63, 3.8) is 0 Å². The SMILES string of the molecule is CCNC(Cc1nc(N(C)CC)no1)C(C)(C)C. The lowest BCUT2D eigenvalue weighted by molar-refractivity contribution is 0.247. The van der Waals surface area contributed by atoms with Crippen LogP contribution >= 0.6 is 0 Å². The number of rotatable bonds is 6. The van der Waals surface area contributed by atoms with E-state index in [0.717, 1.165) is 19.5 Å². The van der Waals surface area contributed by atoms with Crippen molar-refractivity contribution in [3.8, 4) is 0 Å². The van der Waals surface area contributed by atoms with Gasteiger partial charge in [0.1, 0.15) is 0 Å². The molecule has 1 aromatic heterocycles. The van der Waals surface area contributed by atoms with Gasteiger partial charge >= 0.3 is 0 Å². The fourth-order valence-electron chi connectivity index (χ4n) is 1.73. The molecule has 1 unspecified atom stereocenters. The second-order valence-corrected chi connectivity index (χ2v) is 5.68. The van der Waals surface area contributed by atoms with Gasteiger partial charge in [0.2, 0.25) is 5.89 Å². The van der Waals surface area contributed by atoms with E-state index in [0.29, 0.717) is 17.9 Å². The number of likely N-dealkylation sites (N-methyl/N-ethyl adjacent to an activating group) is 1. The number of nitrogens with zero attached hydrogens (tertiary/aromatic N) is 3. The van der Waals surface area contributed by atoms with Crippen LogP contribution in [0.25, 0.3) is 0 Å². The molecule has 0 amide bonds. The smallest absolute Gasteiger partial charge is 0.265 e. The zero-order valence-electron chi connectivity index (χ0n) is 12.4. The normalized spacial score (nSPS) is 13.7. The lowest BCUT2D eigenvalue weighted by Gasteiger charge is -2.30. The van der Waals surface area contributed by atoms with Gasteiger partial charge in [-0.1, -0.05) is 27.7 Å². The maximum Gasteiger partial charge on any atom is 0.265 e. The van der Waals surface area contributed by atoms with Crippen LogP contribution in [-0.2, 0) is 6.42 Å². The summed E-state index contributed by atoms with van der Waals surface area (Å²) < 4.78 is 5.32. The number of hydrogen-bond donors (Lipinski definition) is 1. The Bertz CT molecular complexity index is 356. The molecule has 104 valence electrons. The van der Waals surface area contributed by atoms with Crippen molar-refractivity contribution >= 4 is 5.95 Å². The lowest BCUT2D eigenvalue weighted by Crippen LogP contribution is -2.41. The molecule has 0 spiro atoms. The third-order valence-electron chi connectivity index (χ3n) is 3.15. The van der Waals surface area contributed by atoms with Gasteiger partial charge in [-0.2, -0.15) is 4.98 Å². The van der Waals surface area contributed by atoms with Crippen molar-refractivity contribution in [1.82, 2.24) is 15.5 Å². The molecule has 1 heterocycles. The van der Waals surface area contributed by atoms with E-state index in [9.17, 15) is 0 Å².